The minimum Gasteiger partial charge on any atom is -0.329 e. The topological polar surface area (TPSA) is 26.0 Å². The van der Waals surface area contributed by atoms with E-state index in [0.717, 1.165) is 17.2 Å². The zero-order valence-corrected chi connectivity index (χ0v) is 11.2. The van der Waals surface area contributed by atoms with Gasteiger partial charge in [-0.25, -0.2) is 0 Å². The molecule has 0 radical (unpaired) electrons. The molecular weight excluding hydrogens is 214 g/mol. The number of nitrogens with two attached hydrogens (primary N) is 1. The molecule has 0 unspecified atom stereocenters. The Labute approximate surface area is 104 Å². The molecule has 92 valence electrons. The Morgan fingerprint density at radius 2 is 1.69 bits per heavy atom. The highest BCUT2D eigenvalue weighted by molar-refractivity contribution is 8.01. The Kier molecular flexibility index (Phi) is 3.00. The molecule has 0 bridgehead atoms. The van der Waals surface area contributed by atoms with Gasteiger partial charge in [-0.3, -0.25) is 0 Å². The van der Waals surface area contributed by atoms with E-state index >= 15 is 0 Å². The van der Waals surface area contributed by atoms with Gasteiger partial charge in [-0.15, -0.1) is 0 Å². The molecule has 0 aromatic carbocycles. The third-order valence-electron chi connectivity index (χ3n) is 5.15. The summed E-state index contributed by atoms with van der Waals surface area (Å²) in [6.07, 6.45) is 14.7. The Morgan fingerprint density at radius 3 is 2.19 bits per heavy atom. The summed E-state index contributed by atoms with van der Waals surface area (Å²) in [5, 5.41) is 0.940. The first-order valence-corrected chi connectivity index (χ1v) is 8.02. The van der Waals surface area contributed by atoms with E-state index in [9.17, 15) is 0 Å². The molecule has 0 aliphatic heterocycles. The summed E-state index contributed by atoms with van der Waals surface area (Å²) in [5.41, 5.74) is 6.84. The van der Waals surface area contributed by atoms with Gasteiger partial charge in [0.1, 0.15) is 0 Å². The van der Waals surface area contributed by atoms with Crippen molar-refractivity contribution in [3.63, 3.8) is 0 Å². The Morgan fingerprint density at radius 1 is 1.00 bits per heavy atom. The first kappa shape index (κ1) is 11.4. The second-order valence-corrected chi connectivity index (χ2v) is 8.24. The van der Waals surface area contributed by atoms with E-state index in [-0.39, 0.29) is 0 Å². The minimum absolute atomic E-state index is 0.502. The van der Waals surface area contributed by atoms with Crippen LogP contribution in [-0.4, -0.2) is 16.5 Å². The van der Waals surface area contributed by atoms with Gasteiger partial charge >= 0.3 is 0 Å². The number of thioether (sulfide) groups is 1. The fourth-order valence-corrected chi connectivity index (χ4v) is 6.31. The van der Waals surface area contributed by atoms with E-state index in [2.05, 4.69) is 11.8 Å². The van der Waals surface area contributed by atoms with Gasteiger partial charge in [0.15, 0.2) is 0 Å². The van der Waals surface area contributed by atoms with Gasteiger partial charge in [0.05, 0.1) is 0 Å². The van der Waals surface area contributed by atoms with Crippen molar-refractivity contribution in [2.45, 2.75) is 74.2 Å². The van der Waals surface area contributed by atoms with E-state index in [1.807, 2.05) is 0 Å². The zero-order valence-electron chi connectivity index (χ0n) is 10.3. The normalized spacial score (nSPS) is 32.1. The Bertz CT molecular complexity index is 245. The van der Waals surface area contributed by atoms with Crippen molar-refractivity contribution >= 4 is 11.8 Å². The number of hydrogen-bond acceptors (Lipinski definition) is 2. The van der Waals surface area contributed by atoms with E-state index in [4.69, 9.17) is 5.73 Å². The molecule has 1 spiro atoms. The molecule has 3 saturated carbocycles. The molecule has 2 heteroatoms. The van der Waals surface area contributed by atoms with Crippen LogP contribution in [0.15, 0.2) is 0 Å². The smallest absolute Gasteiger partial charge is 0.0295 e. The fourth-order valence-electron chi connectivity index (χ4n) is 4.16. The second kappa shape index (κ2) is 4.20. The van der Waals surface area contributed by atoms with Crippen LogP contribution in [0.3, 0.4) is 0 Å². The van der Waals surface area contributed by atoms with Crippen LogP contribution in [0.2, 0.25) is 0 Å². The Balaban J connectivity index is 1.55. The third kappa shape index (κ3) is 1.92. The van der Waals surface area contributed by atoms with Crippen molar-refractivity contribution in [2.24, 2.45) is 11.1 Å². The maximum atomic E-state index is 6.07. The average molecular weight is 239 g/mol. The van der Waals surface area contributed by atoms with E-state index in [1.54, 1.807) is 0 Å². The van der Waals surface area contributed by atoms with Crippen molar-refractivity contribution in [3.05, 3.63) is 0 Å². The summed E-state index contributed by atoms with van der Waals surface area (Å²) in [6, 6.07) is 0. The van der Waals surface area contributed by atoms with Gasteiger partial charge in [0.25, 0.3) is 0 Å². The van der Waals surface area contributed by atoms with Crippen LogP contribution in [0.5, 0.6) is 0 Å². The largest absolute Gasteiger partial charge is 0.329 e. The molecule has 16 heavy (non-hydrogen) atoms. The highest BCUT2D eigenvalue weighted by Gasteiger charge is 2.57. The van der Waals surface area contributed by atoms with Gasteiger partial charge < -0.3 is 5.73 Å². The van der Waals surface area contributed by atoms with Crippen LogP contribution in [0.4, 0.5) is 0 Å². The lowest BCUT2D eigenvalue weighted by Crippen LogP contribution is -2.57. The summed E-state index contributed by atoms with van der Waals surface area (Å²) in [4.78, 5) is 0. The van der Waals surface area contributed by atoms with Crippen molar-refractivity contribution < 1.29 is 0 Å². The third-order valence-corrected chi connectivity index (χ3v) is 6.91. The molecule has 2 N–H and O–H groups in total. The predicted molar refractivity (Wildman–Crippen MR) is 71.8 cm³/mol. The summed E-state index contributed by atoms with van der Waals surface area (Å²) >= 11 is 2.28. The fraction of sp³-hybridized carbons (Fsp3) is 1.00. The van der Waals surface area contributed by atoms with E-state index < -0.39 is 0 Å². The van der Waals surface area contributed by atoms with Crippen molar-refractivity contribution in [3.8, 4) is 0 Å². The molecule has 3 rings (SSSR count). The van der Waals surface area contributed by atoms with Crippen molar-refractivity contribution in [2.75, 3.05) is 6.54 Å². The molecule has 3 fully saturated rings. The molecule has 0 aromatic rings. The molecule has 1 nitrogen and oxygen atoms in total. The molecule has 0 heterocycles. The molecule has 3 aliphatic rings. The molecule has 0 saturated heterocycles. The average Bonchev–Trinajstić information content (AvgIpc) is 2.22. The summed E-state index contributed by atoms with van der Waals surface area (Å²) in [5.74, 6) is 0. The van der Waals surface area contributed by atoms with E-state index in [0.29, 0.717) is 4.75 Å². The monoisotopic (exact) mass is 239 g/mol. The van der Waals surface area contributed by atoms with Gasteiger partial charge in [-0.05, 0) is 43.9 Å². The summed E-state index contributed by atoms with van der Waals surface area (Å²) in [6.45, 7) is 0.927. The summed E-state index contributed by atoms with van der Waals surface area (Å²) in [7, 11) is 0. The number of hydrogen-bond donors (Lipinski definition) is 1. The first-order valence-electron chi connectivity index (χ1n) is 7.14. The van der Waals surface area contributed by atoms with Crippen LogP contribution in [-0.2, 0) is 0 Å². The van der Waals surface area contributed by atoms with Crippen LogP contribution in [0.1, 0.15) is 64.2 Å². The van der Waals surface area contributed by atoms with Crippen molar-refractivity contribution in [1.29, 1.82) is 0 Å². The second-order valence-electron chi connectivity index (χ2n) is 6.47. The van der Waals surface area contributed by atoms with Crippen LogP contribution in [0.25, 0.3) is 0 Å². The Hall–Kier alpha value is 0.310. The van der Waals surface area contributed by atoms with Crippen molar-refractivity contribution in [1.82, 2.24) is 0 Å². The van der Waals surface area contributed by atoms with Gasteiger partial charge in [0.2, 0.25) is 0 Å². The summed E-state index contributed by atoms with van der Waals surface area (Å²) < 4.78 is 0.502. The molecule has 0 atom stereocenters. The highest BCUT2D eigenvalue weighted by Crippen LogP contribution is 2.65. The molecule has 0 aromatic heterocycles. The highest BCUT2D eigenvalue weighted by atomic mass is 32.2. The number of rotatable bonds is 3. The zero-order chi connectivity index (χ0) is 11.1. The first-order chi connectivity index (χ1) is 7.76. The lowest BCUT2D eigenvalue weighted by atomic mass is 9.51. The SMILES string of the molecule is NCC1(SC2CCCCC2)CC2(CCC2)C1. The quantitative estimate of drug-likeness (QED) is 0.812. The standard InChI is InChI=1S/C14H25NS/c15-11-14(9-13(10-14)7-4-8-13)16-12-5-2-1-3-6-12/h12H,1-11,15H2. The van der Waals surface area contributed by atoms with Crippen LogP contribution < -0.4 is 5.73 Å². The maximum absolute atomic E-state index is 6.07. The van der Waals surface area contributed by atoms with Crippen LogP contribution in [0, 0.1) is 5.41 Å². The maximum Gasteiger partial charge on any atom is 0.0295 e. The lowest BCUT2D eigenvalue weighted by Gasteiger charge is -2.61. The van der Waals surface area contributed by atoms with Gasteiger partial charge in [0, 0.05) is 16.5 Å². The van der Waals surface area contributed by atoms with Gasteiger partial charge in [-0.1, -0.05) is 25.7 Å². The van der Waals surface area contributed by atoms with Gasteiger partial charge in [-0.2, -0.15) is 11.8 Å². The van der Waals surface area contributed by atoms with E-state index in [1.165, 1.54) is 64.2 Å². The molecule has 3 aliphatic carbocycles. The molecular formula is C14H25NS. The predicted octanol–water partition coefficient (Wildman–Crippen LogP) is 3.71. The molecule has 0 amide bonds. The van der Waals surface area contributed by atoms with Crippen LogP contribution >= 0.6 is 11.8 Å². The lowest BCUT2D eigenvalue weighted by molar-refractivity contribution is -0.00171. The minimum atomic E-state index is 0.502.